The number of nitrogens with one attached hydrogen (secondary N) is 1. The maximum atomic E-state index is 2.75. The Balaban J connectivity index is 0. The molecule has 2 heteroatoms. The van der Waals surface area contributed by atoms with Crippen molar-refractivity contribution in [1.82, 2.24) is 5.32 Å². The highest BCUT2D eigenvalue weighted by atomic mass is 127. The second kappa shape index (κ2) is 22.4. The number of hydrogen-bond donors (Lipinski definition) is 1. The van der Waals surface area contributed by atoms with Crippen LogP contribution < -0.4 is 5.32 Å². The van der Waals surface area contributed by atoms with Gasteiger partial charge in [0, 0.05) is 0 Å². The molecule has 0 spiro atoms. The normalized spacial score (nSPS) is 4.80. The van der Waals surface area contributed by atoms with Crippen LogP contribution in [0, 0.1) is 0 Å². The highest BCUT2D eigenvalue weighted by Crippen LogP contribution is 1.48. The molecule has 0 saturated heterocycles. The molecule has 0 aromatic carbocycles. The largest absolute Gasteiger partial charge is 0.323 e. The summed E-state index contributed by atoms with van der Waals surface area (Å²) >= 11 is 2.15. The van der Waals surface area contributed by atoms with Gasteiger partial charge >= 0.3 is 0 Å². The second-order valence-electron chi connectivity index (χ2n) is 0.500. The summed E-state index contributed by atoms with van der Waals surface area (Å²) in [5.41, 5.74) is 0. The summed E-state index contributed by atoms with van der Waals surface area (Å²) in [7, 11) is 3.75. The Bertz CT molecular complexity index is 6.85. The minimum Gasteiger partial charge on any atom is -0.323 e. The zero-order chi connectivity index (χ0) is 4.71. The molecule has 0 aromatic rings. The lowest BCUT2D eigenvalue weighted by Gasteiger charge is -1.59. The lowest BCUT2D eigenvalue weighted by atomic mass is 11.3. The van der Waals surface area contributed by atoms with Gasteiger partial charge in [0.15, 0.2) is 0 Å². The Labute approximate surface area is 47.3 Å². The molecule has 0 radical (unpaired) electrons. The van der Waals surface area contributed by atoms with Crippen LogP contribution in [0.25, 0.3) is 0 Å². The van der Waals surface area contributed by atoms with Gasteiger partial charge in [-0.15, -0.1) is 0 Å². The Morgan fingerprint density at radius 2 is 1.20 bits per heavy atom. The Kier molecular flexibility index (Phi) is 41.1. The van der Waals surface area contributed by atoms with Crippen molar-refractivity contribution >= 4 is 22.6 Å². The van der Waals surface area contributed by atoms with E-state index in [-0.39, 0.29) is 0 Å². The second-order valence-corrected chi connectivity index (χ2v) is 0.500. The number of hydrogen-bond acceptors (Lipinski definition) is 1. The van der Waals surface area contributed by atoms with Crippen LogP contribution >= 0.6 is 22.6 Å². The van der Waals surface area contributed by atoms with Gasteiger partial charge in [0.25, 0.3) is 0 Å². The van der Waals surface area contributed by atoms with E-state index in [4.69, 9.17) is 0 Å². The van der Waals surface area contributed by atoms with Gasteiger partial charge in [-0.05, 0) is 19.0 Å². The predicted octanol–water partition coefficient (Wildman–Crippen LogP) is 0.887. The molecule has 0 rings (SSSR count). The van der Waals surface area contributed by atoms with Crippen LogP contribution in [-0.4, -0.2) is 19.0 Å². The van der Waals surface area contributed by atoms with Crippen molar-refractivity contribution in [2.24, 2.45) is 0 Å². The first-order valence-electron chi connectivity index (χ1n) is 1.38. The quantitative estimate of drug-likeness (QED) is 0.438. The summed E-state index contributed by atoms with van der Waals surface area (Å²) in [4.78, 5) is 1.97. The average Bonchev–Trinajstić information content (AvgIpc) is 1.46. The molecule has 0 heterocycles. The van der Waals surface area contributed by atoms with E-state index in [1.807, 2.05) is 19.0 Å². The average molecular weight is 187 g/mol. The Hall–Kier alpha value is 0.690. The van der Waals surface area contributed by atoms with E-state index >= 15 is 0 Å². The lowest BCUT2D eigenvalue weighted by Crippen LogP contribution is -1.89. The smallest absolute Gasteiger partial charge is 0.0121 e. The molecule has 0 aliphatic heterocycles. The van der Waals surface area contributed by atoms with E-state index in [2.05, 4.69) is 27.9 Å². The van der Waals surface area contributed by atoms with Gasteiger partial charge in [0.05, 0.1) is 0 Å². The van der Waals surface area contributed by atoms with Crippen LogP contribution in [0.15, 0.2) is 0 Å². The van der Waals surface area contributed by atoms with Gasteiger partial charge in [-0.25, -0.2) is 0 Å². The van der Waals surface area contributed by atoms with Gasteiger partial charge in [-0.3, -0.25) is 0 Å². The highest BCUT2D eigenvalue weighted by Gasteiger charge is 1.25. The third kappa shape index (κ3) is 71.3. The van der Waals surface area contributed by atoms with E-state index in [0.29, 0.717) is 0 Å². The standard InChI is InChI=1S/C2H7N.CH3I/c1-3-2;1-2/h3H,1-2H3;1H3. The van der Waals surface area contributed by atoms with Crippen LogP contribution in [0.2, 0.25) is 0 Å². The molecule has 1 nitrogen and oxygen atoms in total. The topological polar surface area (TPSA) is 12.0 Å². The first-order chi connectivity index (χ1) is 2.41. The molecular formula is C3H10IN. The zero-order valence-corrected chi connectivity index (χ0v) is 6.04. The van der Waals surface area contributed by atoms with Crippen molar-refractivity contribution in [3.8, 4) is 0 Å². The van der Waals surface area contributed by atoms with Crippen molar-refractivity contribution in [3.05, 3.63) is 0 Å². The van der Waals surface area contributed by atoms with Crippen LogP contribution in [0.5, 0.6) is 0 Å². The predicted molar refractivity (Wildman–Crippen MR) is 34.9 cm³/mol. The molecular weight excluding hydrogens is 177 g/mol. The molecule has 0 aliphatic carbocycles. The molecule has 0 aromatic heterocycles. The van der Waals surface area contributed by atoms with Gasteiger partial charge in [-0.2, -0.15) is 0 Å². The first kappa shape index (κ1) is 9.19. The molecule has 5 heavy (non-hydrogen) atoms. The minimum atomic E-state index is 1.88. The van der Waals surface area contributed by atoms with Gasteiger partial charge in [0.1, 0.15) is 0 Å². The number of halogens is 1. The van der Waals surface area contributed by atoms with Crippen molar-refractivity contribution in [2.75, 3.05) is 19.0 Å². The molecule has 0 fully saturated rings. The van der Waals surface area contributed by atoms with Gasteiger partial charge < -0.3 is 5.32 Å². The van der Waals surface area contributed by atoms with E-state index in [0.717, 1.165) is 0 Å². The van der Waals surface area contributed by atoms with E-state index < -0.39 is 0 Å². The molecule has 0 amide bonds. The molecule has 1 N–H and O–H groups in total. The number of rotatable bonds is 0. The van der Waals surface area contributed by atoms with Crippen molar-refractivity contribution in [3.63, 3.8) is 0 Å². The fraction of sp³-hybridized carbons (Fsp3) is 1.00. The summed E-state index contributed by atoms with van der Waals surface area (Å²) in [6, 6.07) is 0. The maximum absolute atomic E-state index is 2.75. The lowest BCUT2D eigenvalue weighted by molar-refractivity contribution is 1.02. The summed E-state index contributed by atoms with van der Waals surface area (Å²) in [6.07, 6.45) is 0. The molecule has 0 bridgehead atoms. The summed E-state index contributed by atoms with van der Waals surface area (Å²) in [5, 5.41) is 2.75. The monoisotopic (exact) mass is 187 g/mol. The fourth-order valence-electron chi connectivity index (χ4n) is 0. The number of alkyl halides is 1. The molecule has 0 saturated carbocycles. The van der Waals surface area contributed by atoms with Crippen molar-refractivity contribution < 1.29 is 0 Å². The molecule has 0 aliphatic rings. The van der Waals surface area contributed by atoms with E-state index in [1.165, 1.54) is 0 Å². The van der Waals surface area contributed by atoms with E-state index in [1.54, 1.807) is 0 Å². The molecule has 0 unspecified atom stereocenters. The van der Waals surface area contributed by atoms with Crippen LogP contribution in [0.3, 0.4) is 0 Å². The highest BCUT2D eigenvalue weighted by molar-refractivity contribution is 14.1. The van der Waals surface area contributed by atoms with Crippen LogP contribution in [0.4, 0.5) is 0 Å². The minimum absolute atomic E-state index is 1.88. The van der Waals surface area contributed by atoms with Crippen molar-refractivity contribution in [1.29, 1.82) is 0 Å². The third-order valence-corrected chi connectivity index (χ3v) is 0. The van der Waals surface area contributed by atoms with Crippen LogP contribution in [-0.2, 0) is 0 Å². The van der Waals surface area contributed by atoms with Gasteiger partial charge in [-0.1, -0.05) is 22.6 Å². The zero-order valence-electron chi connectivity index (χ0n) is 3.88. The van der Waals surface area contributed by atoms with Crippen molar-refractivity contribution in [2.45, 2.75) is 0 Å². The fourth-order valence-corrected chi connectivity index (χ4v) is 0. The van der Waals surface area contributed by atoms with Gasteiger partial charge in [0.2, 0.25) is 0 Å². The van der Waals surface area contributed by atoms with E-state index in [9.17, 15) is 0 Å². The first-order valence-corrected chi connectivity index (χ1v) is 3.54. The molecule has 0 atom stereocenters. The Morgan fingerprint density at radius 1 is 1.20 bits per heavy atom. The maximum Gasteiger partial charge on any atom is -0.0121 e. The summed E-state index contributed by atoms with van der Waals surface area (Å²) in [6.45, 7) is 0. The van der Waals surface area contributed by atoms with Crippen LogP contribution in [0.1, 0.15) is 0 Å². The summed E-state index contributed by atoms with van der Waals surface area (Å²) in [5.74, 6) is 0. The third-order valence-electron chi connectivity index (χ3n) is 0. The molecule has 34 valence electrons. The summed E-state index contributed by atoms with van der Waals surface area (Å²) < 4.78 is 0. The SMILES string of the molecule is CI.CNC. The Morgan fingerprint density at radius 3 is 1.20 bits per heavy atom.